The molecule has 1 atom stereocenters. The molecule has 0 saturated carbocycles. The Balaban J connectivity index is 1.72. The minimum atomic E-state index is 0.214. The second-order valence-electron chi connectivity index (χ2n) is 5.09. The number of para-hydroxylation sites is 1. The second kappa shape index (κ2) is 5.59. The molecule has 106 valence electrons. The first-order valence-corrected chi connectivity index (χ1v) is 6.94. The zero-order valence-electron chi connectivity index (χ0n) is 11.6. The number of furan rings is 1. The van der Waals surface area contributed by atoms with Crippen LogP contribution in [-0.4, -0.2) is 12.2 Å². The van der Waals surface area contributed by atoms with Crippen LogP contribution in [-0.2, 0) is 13.0 Å². The van der Waals surface area contributed by atoms with E-state index in [9.17, 15) is 5.11 Å². The average Bonchev–Trinajstić information content (AvgIpc) is 2.95. The minimum Gasteiger partial charge on any atom is -0.504 e. The Morgan fingerprint density at radius 2 is 2.30 bits per heavy atom. The van der Waals surface area contributed by atoms with Crippen LogP contribution < -0.4 is 10.1 Å². The average molecular weight is 273 g/mol. The fraction of sp³-hybridized carbons (Fsp3) is 0.375. The highest BCUT2D eigenvalue weighted by Crippen LogP contribution is 2.33. The SMILES string of the molecule is COc1cccc(CNC2CCCc3occc32)c1O. The maximum atomic E-state index is 10.1. The molecule has 2 N–H and O–H groups in total. The lowest BCUT2D eigenvalue weighted by atomic mass is 9.93. The van der Waals surface area contributed by atoms with Crippen molar-refractivity contribution in [3.63, 3.8) is 0 Å². The van der Waals surface area contributed by atoms with Crippen molar-refractivity contribution in [3.05, 3.63) is 47.4 Å². The van der Waals surface area contributed by atoms with Crippen molar-refractivity contribution in [2.24, 2.45) is 0 Å². The zero-order chi connectivity index (χ0) is 13.9. The Bertz CT molecular complexity index is 591. The zero-order valence-corrected chi connectivity index (χ0v) is 11.6. The molecular weight excluding hydrogens is 254 g/mol. The molecule has 0 amide bonds. The quantitative estimate of drug-likeness (QED) is 0.898. The van der Waals surface area contributed by atoms with E-state index in [1.54, 1.807) is 19.4 Å². The van der Waals surface area contributed by atoms with E-state index in [1.165, 1.54) is 5.56 Å². The van der Waals surface area contributed by atoms with Crippen molar-refractivity contribution in [1.29, 1.82) is 0 Å². The number of nitrogens with one attached hydrogen (secondary N) is 1. The van der Waals surface area contributed by atoms with E-state index < -0.39 is 0 Å². The summed E-state index contributed by atoms with van der Waals surface area (Å²) in [7, 11) is 1.56. The van der Waals surface area contributed by atoms with Gasteiger partial charge in [-0.05, 0) is 25.0 Å². The summed E-state index contributed by atoms with van der Waals surface area (Å²) in [5, 5.41) is 13.6. The third-order valence-corrected chi connectivity index (χ3v) is 3.89. The Morgan fingerprint density at radius 3 is 3.15 bits per heavy atom. The summed E-state index contributed by atoms with van der Waals surface area (Å²) in [6, 6.07) is 7.89. The van der Waals surface area contributed by atoms with Crippen LogP contribution in [0.1, 0.15) is 35.8 Å². The normalized spacial score (nSPS) is 17.8. The van der Waals surface area contributed by atoms with Crippen molar-refractivity contribution in [3.8, 4) is 11.5 Å². The number of phenolic OH excluding ortho intramolecular Hbond substituents is 1. The molecule has 0 aliphatic heterocycles. The molecule has 1 aromatic carbocycles. The third kappa shape index (κ3) is 2.39. The van der Waals surface area contributed by atoms with Crippen molar-refractivity contribution < 1.29 is 14.3 Å². The van der Waals surface area contributed by atoms with Gasteiger partial charge in [-0.3, -0.25) is 0 Å². The van der Waals surface area contributed by atoms with E-state index in [0.717, 1.165) is 30.6 Å². The Labute approximate surface area is 118 Å². The lowest BCUT2D eigenvalue weighted by Crippen LogP contribution is -2.24. The summed E-state index contributed by atoms with van der Waals surface area (Å²) >= 11 is 0. The number of phenols is 1. The monoisotopic (exact) mass is 273 g/mol. The first-order valence-electron chi connectivity index (χ1n) is 6.94. The molecule has 0 bridgehead atoms. The van der Waals surface area contributed by atoms with E-state index in [-0.39, 0.29) is 5.75 Å². The van der Waals surface area contributed by atoms with Gasteiger partial charge in [-0.1, -0.05) is 12.1 Å². The van der Waals surface area contributed by atoms with Gasteiger partial charge in [-0.15, -0.1) is 0 Å². The van der Waals surface area contributed by atoms with Crippen LogP contribution in [0.4, 0.5) is 0 Å². The maximum Gasteiger partial charge on any atom is 0.162 e. The molecular formula is C16H19NO3. The molecule has 1 aliphatic rings. The molecule has 4 nitrogen and oxygen atoms in total. The summed E-state index contributed by atoms with van der Waals surface area (Å²) in [5.74, 6) is 1.81. The summed E-state index contributed by atoms with van der Waals surface area (Å²) < 4.78 is 10.6. The number of fused-ring (bicyclic) bond motifs is 1. The number of rotatable bonds is 4. The predicted octanol–water partition coefficient (Wildman–Crippen LogP) is 3.16. The van der Waals surface area contributed by atoms with Gasteiger partial charge in [0, 0.05) is 30.1 Å². The summed E-state index contributed by atoms with van der Waals surface area (Å²) in [6.45, 7) is 0.609. The fourth-order valence-electron chi connectivity index (χ4n) is 2.81. The Morgan fingerprint density at radius 1 is 1.40 bits per heavy atom. The van der Waals surface area contributed by atoms with Crippen LogP contribution >= 0.6 is 0 Å². The first-order chi connectivity index (χ1) is 9.79. The molecule has 20 heavy (non-hydrogen) atoms. The van der Waals surface area contributed by atoms with Gasteiger partial charge in [-0.25, -0.2) is 0 Å². The Hall–Kier alpha value is -1.94. The smallest absolute Gasteiger partial charge is 0.162 e. The van der Waals surface area contributed by atoms with Crippen LogP contribution in [0.2, 0.25) is 0 Å². The standard InChI is InChI=1S/C16H19NO3/c1-19-15-7-2-4-11(16(15)18)10-17-13-5-3-6-14-12(13)8-9-20-14/h2,4,7-9,13,17-18H,3,5-6,10H2,1H3. The molecule has 4 heteroatoms. The number of benzene rings is 1. The van der Waals surface area contributed by atoms with E-state index >= 15 is 0 Å². The van der Waals surface area contributed by atoms with Gasteiger partial charge in [0.1, 0.15) is 5.76 Å². The van der Waals surface area contributed by atoms with Crippen molar-refractivity contribution in [2.45, 2.75) is 31.8 Å². The van der Waals surface area contributed by atoms with Crippen molar-refractivity contribution >= 4 is 0 Å². The highest BCUT2D eigenvalue weighted by atomic mass is 16.5. The van der Waals surface area contributed by atoms with Crippen LogP contribution in [0.15, 0.2) is 34.9 Å². The number of methoxy groups -OCH3 is 1. The lowest BCUT2D eigenvalue weighted by molar-refractivity contribution is 0.366. The molecule has 0 spiro atoms. The van der Waals surface area contributed by atoms with Crippen LogP contribution in [0.5, 0.6) is 11.5 Å². The topological polar surface area (TPSA) is 54.6 Å². The number of hydrogen-bond donors (Lipinski definition) is 2. The molecule has 1 aliphatic carbocycles. The van der Waals surface area contributed by atoms with Crippen LogP contribution in [0.3, 0.4) is 0 Å². The van der Waals surface area contributed by atoms with Gasteiger partial charge in [0.05, 0.1) is 13.4 Å². The summed E-state index contributed by atoms with van der Waals surface area (Å²) in [4.78, 5) is 0. The lowest BCUT2D eigenvalue weighted by Gasteiger charge is -2.23. The third-order valence-electron chi connectivity index (χ3n) is 3.89. The van der Waals surface area contributed by atoms with Gasteiger partial charge in [0.2, 0.25) is 0 Å². The molecule has 0 fully saturated rings. The van der Waals surface area contributed by atoms with E-state index in [1.807, 2.05) is 18.2 Å². The van der Waals surface area contributed by atoms with Crippen molar-refractivity contribution in [2.75, 3.05) is 7.11 Å². The number of ether oxygens (including phenoxy) is 1. The molecule has 3 rings (SSSR count). The highest BCUT2D eigenvalue weighted by molar-refractivity contribution is 5.45. The molecule has 0 radical (unpaired) electrons. The van der Waals surface area contributed by atoms with Crippen molar-refractivity contribution in [1.82, 2.24) is 5.32 Å². The molecule has 0 saturated heterocycles. The number of aromatic hydroxyl groups is 1. The second-order valence-corrected chi connectivity index (χ2v) is 5.09. The number of aryl methyl sites for hydroxylation is 1. The van der Waals surface area contributed by atoms with E-state index in [2.05, 4.69) is 5.32 Å². The van der Waals surface area contributed by atoms with Gasteiger partial charge >= 0.3 is 0 Å². The summed E-state index contributed by atoms with van der Waals surface area (Å²) in [6.07, 6.45) is 5.00. The first kappa shape index (κ1) is 13.1. The minimum absolute atomic E-state index is 0.214. The van der Waals surface area contributed by atoms with Crippen LogP contribution in [0.25, 0.3) is 0 Å². The predicted molar refractivity (Wildman–Crippen MR) is 75.9 cm³/mol. The molecule has 2 aromatic rings. The number of hydrogen-bond acceptors (Lipinski definition) is 4. The molecule has 1 unspecified atom stereocenters. The van der Waals surface area contributed by atoms with Gasteiger partial charge in [0.15, 0.2) is 11.5 Å². The van der Waals surface area contributed by atoms with E-state index in [0.29, 0.717) is 18.3 Å². The van der Waals surface area contributed by atoms with Gasteiger partial charge in [-0.2, -0.15) is 0 Å². The van der Waals surface area contributed by atoms with Gasteiger partial charge < -0.3 is 19.6 Å². The summed E-state index contributed by atoms with van der Waals surface area (Å²) in [5.41, 5.74) is 2.10. The highest BCUT2D eigenvalue weighted by Gasteiger charge is 2.22. The fourth-order valence-corrected chi connectivity index (χ4v) is 2.81. The molecule has 1 aromatic heterocycles. The largest absolute Gasteiger partial charge is 0.504 e. The van der Waals surface area contributed by atoms with E-state index in [4.69, 9.17) is 9.15 Å². The Kier molecular flexibility index (Phi) is 3.65. The van der Waals surface area contributed by atoms with Gasteiger partial charge in [0.25, 0.3) is 0 Å². The van der Waals surface area contributed by atoms with Crippen LogP contribution in [0, 0.1) is 0 Å². The maximum absolute atomic E-state index is 10.1. The molecule has 1 heterocycles.